The topological polar surface area (TPSA) is 55.7 Å². The Kier molecular flexibility index (Phi) is 6.34. The van der Waals surface area contributed by atoms with E-state index in [1.54, 1.807) is 12.1 Å². The van der Waals surface area contributed by atoms with Crippen molar-refractivity contribution < 1.29 is 14.3 Å². The monoisotopic (exact) mass is 449 g/mol. The highest BCUT2D eigenvalue weighted by Crippen LogP contribution is 2.47. The first-order chi connectivity index (χ1) is 15.2. The molecule has 1 aliphatic heterocycles. The lowest BCUT2D eigenvalue weighted by Gasteiger charge is -2.41. The van der Waals surface area contributed by atoms with Crippen LogP contribution in [-0.4, -0.2) is 24.1 Å². The van der Waals surface area contributed by atoms with Gasteiger partial charge in [0, 0.05) is 35.2 Å². The quantitative estimate of drug-likeness (QED) is 0.530. The summed E-state index contributed by atoms with van der Waals surface area (Å²) in [6.07, 6.45) is 1.84. The summed E-state index contributed by atoms with van der Waals surface area (Å²) in [5.41, 5.74) is 3.83. The Hall–Kier alpha value is -2.72. The molecule has 0 N–H and O–H groups in total. The molecule has 0 saturated heterocycles. The highest BCUT2D eigenvalue weighted by atomic mass is 35.5. The normalized spacial score (nSPS) is 22.2. The molecular weight excluding hydrogens is 422 g/mol. The molecule has 2 unspecified atom stereocenters. The smallest absolute Gasteiger partial charge is 0.336 e. The standard InChI is InChI=1S/C27H28ClNO3/c1-17-23(26(31)32-14-13-18-7-5-4-6-8-18)24(19-9-11-20(28)12-10-19)25-21(29-17)15-27(2,3)16-22(25)30/h4-12,24-25H,13-16H2,1-3H3. The number of halogens is 1. The van der Waals surface area contributed by atoms with Crippen molar-refractivity contribution in [1.82, 2.24) is 0 Å². The van der Waals surface area contributed by atoms with Crippen molar-refractivity contribution in [2.45, 2.75) is 46.0 Å². The molecule has 0 aromatic heterocycles. The number of aliphatic imine (C=N–C) groups is 1. The molecule has 4 nitrogen and oxygen atoms in total. The molecule has 2 aromatic carbocycles. The predicted octanol–water partition coefficient (Wildman–Crippen LogP) is 5.94. The van der Waals surface area contributed by atoms with Crippen LogP contribution in [0.2, 0.25) is 5.02 Å². The Morgan fingerprint density at radius 1 is 1.06 bits per heavy atom. The summed E-state index contributed by atoms with van der Waals surface area (Å²) < 4.78 is 5.68. The minimum atomic E-state index is -0.440. The minimum absolute atomic E-state index is 0.127. The zero-order chi connectivity index (χ0) is 22.9. The fraction of sp³-hybridized carbons (Fsp3) is 0.370. The number of nitrogens with zero attached hydrogens (tertiary/aromatic N) is 1. The van der Waals surface area contributed by atoms with E-state index in [2.05, 4.69) is 13.8 Å². The number of Topliss-reactive ketones (excluding diaryl/α,β-unsaturated/α-hetero) is 1. The van der Waals surface area contributed by atoms with Crippen molar-refractivity contribution in [3.63, 3.8) is 0 Å². The van der Waals surface area contributed by atoms with Gasteiger partial charge >= 0.3 is 5.97 Å². The summed E-state index contributed by atoms with van der Waals surface area (Å²) in [6.45, 7) is 6.29. The maximum atomic E-state index is 13.3. The van der Waals surface area contributed by atoms with Gasteiger partial charge in [-0.05, 0) is 42.0 Å². The van der Waals surface area contributed by atoms with Gasteiger partial charge in [-0.2, -0.15) is 0 Å². The van der Waals surface area contributed by atoms with E-state index in [-0.39, 0.29) is 17.8 Å². The summed E-state index contributed by atoms with van der Waals surface area (Å²) in [7, 11) is 0. The van der Waals surface area contributed by atoms with Crippen LogP contribution in [0.25, 0.3) is 0 Å². The summed E-state index contributed by atoms with van der Waals surface area (Å²) in [5.74, 6) is -1.13. The van der Waals surface area contributed by atoms with Gasteiger partial charge in [0.25, 0.3) is 0 Å². The molecule has 32 heavy (non-hydrogen) atoms. The molecule has 166 valence electrons. The van der Waals surface area contributed by atoms with Crippen molar-refractivity contribution in [1.29, 1.82) is 0 Å². The van der Waals surface area contributed by atoms with Crippen molar-refractivity contribution in [2.24, 2.45) is 16.3 Å². The third-order valence-electron chi connectivity index (χ3n) is 6.28. The number of allylic oxidation sites excluding steroid dienone is 1. The third kappa shape index (κ3) is 4.71. The van der Waals surface area contributed by atoms with Gasteiger partial charge < -0.3 is 4.74 Å². The van der Waals surface area contributed by atoms with Crippen molar-refractivity contribution >= 4 is 29.1 Å². The zero-order valence-corrected chi connectivity index (χ0v) is 19.5. The Morgan fingerprint density at radius 3 is 2.44 bits per heavy atom. The number of benzene rings is 2. The van der Waals surface area contributed by atoms with Crippen LogP contribution >= 0.6 is 11.6 Å². The summed E-state index contributed by atoms with van der Waals surface area (Å²) in [5, 5.41) is 0.613. The lowest BCUT2D eigenvalue weighted by atomic mass is 9.63. The zero-order valence-electron chi connectivity index (χ0n) is 18.7. The average molecular weight is 450 g/mol. The fourth-order valence-electron chi connectivity index (χ4n) is 4.87. The van der Waals surface area contributed by atoms with Crippen molar-refractivity contribution in [3.8, 4) is 0 Å². The van der Waals surface area contributed by atoms with Gasteiger partial charge in [0.2, 0.25) is 0 Å². The molecule has 1 saturated carbocycles. The molecule has 1 fully saturated rings. The number of carbonyl (C=O) groups excluding carboxylic acids is 2. The fourth-order valence-corrected chi connectivity index (χ4v) is 5.00. The third-order valence-corrected chi connectivity index (χ3v) is 6.53. The van der Waals surface area contributed by atoms with Crippen LogP contribution in [0.3, 0.4) is 0 Å². The molecule has 0 bridgehead atoms. The second-order valence-electron chi connectivity index (χ2n) is 9.46. The van der Waals surface area contributed by atoms with E-state index < -0.39 is 17.8 Å². The number of esters is 1. The number of ketones is 1. The van der Waals surface area contributed by atoms with E-state index in [1.165, 1.54) is 0 Å². The predicted molar refractivity (Wildman–Crippen MR) is 127 cm³/mol. The van der Waals surface area contributed by atoms with E-state index in [0.717, 1.165) is 23.3 Å². The molecule has 1 heterocycles. The number of hydrogen-bond donors (Lipinski definition) is 0. The van der Waals surface area contributed by atoms with Gasteiger partial charge in [-0.15, -0.1) is 0 Å². The highest BCUT2D eigenvalue weighted by Gasteiger charge is 2.47. The molecule has 0 spiro atoms. The first kappa shape index (κ1) is 22.5. The molecule has 0 amide bonds. The Balaban J connectivity index is 1.66. The van der Waals surface area contributed by atoms with Crippen LogP contribution < -0.4 is 0 Å². The van der Waals surface area contributed by atoms with Crippen LogP contribution in [0.5, 0.6) is 0 Å². The first-order valence-electron chi connectivity index (χ1n) is 11.0. The van der Waals surface area contributed by atoms with Crippen molar-refractivity contribution in [3.05, 3.63) is 82.0 Å². The number of fused-ring (bicyclic) bond motifs is 1. The van der Waals surface area contributed by atoms with Crippen LogP contribution in [0.1, 0.15) is 50.7 Å². The molecule has 4 rings (SSSR count). The van der Waals surface area contributed by atoms with Gasteiger partial charge in [0.15, 0.2) is 0 Å². The second kappa shape index (κ2) is 9.03. The van der Waals surface area contributed by atoms with Crippen molar-refractivity contribution in [2.75, 3.05) is 6.61 Å². The molecule has 0 radical (unpaired) electrons. The number of ether oxygens (including phenoxy) is 1. The maximum absolute atomic E-state index is 13.3. The molecule has 2 aromatic rings. The van der Waals surface area contributed by atoms with E-state index >= 15 is 0 Å². The largest absolute Gasteiger partial charge is 0.462 e. The van der Waals surface area contributed by atoms with Crippen LogP contribution in [0.15, 0.2) is 70.9 Å². The Bertz CT molecular complexity index is 1080. The highest BCUT2D eigenvalue weighted by molar-refractivity contribution is 6.30. The SMILES string of the molecule is CC1=C(C(=O)OCCc2ccccc2)C(c2ccc(Cl)cc2)C2C(=O)CC(C)(C)CC2=N1. The summed E-state index contributed by atoms with van der Waals surface area (Å²) >= 11 is 6.11. The Labute approximate surface area is 194 Å². The van der Waals surface area contributed by atoms with E-state index in [0.29, 0.717) is 29.1 Å². The first-order valence-corrected chi connectivity index (χ1v) is 11.4. The minimum Gasteiger partial charge on any atom is -0.462 e. The number of carbonyl (C=O) groups is 2. The number of rotatable bonds is 5. The average Bonchev–Trinajstić information content (AvgIpc) is 2.73. The van der Waals surface area contributed by atoms with E-state index in [9.17, 15) is 9.59 Å². The Morgan fingerprint density at radius 2 is 1.75 bits per heavy atom. The second-order valence-corrected chi connectivity index (χ2v) is 9.90. The molecule has 2 aliphatic rings. The van der Waals surface area contributed by atoms with E-state index in [4.69, 9.17) is 21.3 Å². The molecule has 2 atom stereocenters. The molecule has 5 heteroatoms. The van der Waals surface area contributed by atoms with Crippen LogP contribution in [0.4, 0.5) is 0 Å². The van der Waals surface area contributed by atoms with Gasteiger partial charge in [-0.25, -0.2) is 4.79 Å². The lowest BCUT2D eigenvalue weighted by molar-refractivity contribution is -0.139. The maximum Gasteiger partial charge on any atom is 0.336 e. The summed E-state index contributed by atoms with van der Waals surface area (Å²) in [6, 6.07) is 17.3. The van der Waals surface area contributed by atoms with Gasteiger partial charge in [0.1, 0.15) is 5.78 Å². The summed E-state index contributed by atoms with van der Waals surface area (Å²) in [4.78, 5) is 31.3. The van der Waals surface area contributed by atoms with Crippen LogP contribution in [0, 0.1) is 11.3 Å². The molecular formula is C27H28ClNO3. The van der Waals surface area contributed by atoms with Gasteiger partial charge in [-0.3, -0.25) is 9.79 Å². The molecule has 1 aliphatic carbocycles. The van der Waals surface area contributed by atoms with Gasteiger partial charge in [0.05, 0.1) is 18.1 Å². The van der Waals surface area contributed by atoms with E-state index in [1.807, 2.05) is 49.4 Å². The number of hydrogen-bond acceptors (Lipinski definition) is 4. The van der Waals surface area contributed by atoms with Gasteiger partial charge in [-0.1, -0.05) is 67.9 Å². The lowest BCUT2D eigenvalue weighted by Crippen LogP contribution is -2.44. The van der Waals surface area contributed by atoms with Crippen LogP contribution in [-0.2, 0) is 20.7 Å².